The fraction of sp³-hybridized carbons (Fsp3) is 0.571. The first-order valence-corrected chi connectivity index (χ1v) is 6.53. The van der Waals surface area contributed by atoms with Crippen LogP contribution in [-0.2, 0) is 6.54 Å². The van der Waals surface area contributed by atoms with Crippen molar-refractivity contribution in [3.05, 3.63) is 33.2 Å². The highest BCUT2D eigenvalue weighted by molar-refractivity contribution is 5.90. The molecule has 1 aromatic heterocycles. The van der Waals surface area contributed by atoms with Crippen LogP contribution in [0.15, 0.2) is 10.9 Å². The van der Waals surface area contributed by atoms with Crippen LogP contribution in [0.2, 0.25) is 0 Å². The molecule has 1 aliphatic heterocycles. The molecule has 1 unspecified atom stereocenters. The lowest BCUT2D eigenvalue weighted by Crippen LogP contribution is -2.29. The Morgan fingerprint density at radius 2 is 2.16 bits per heavy atom. The summed E-state index contributed by atoms with van der Waals surface area (Å²) in [6, 6.07) is 1.43. The molecule has 0 spiro atoms. The highest BCUT2D eigenvalue weighted by atomic mass is 16.4. The van der Waals surface area contributed by atoms with Gasteiger partial charge in [-0.15, -0.1) is 0 Å². The third-order valence-corrected chi connectivity index (χ3v) is 3.91. The predicted molar refractivity (Wildman–Crippen MR) is 72.7 cm³/mol. The van der Waals surface area contributed by atoms with E-state index in [0.29, 0.717) is 23.7 Å². The van der Waals surface area contributed by atoms with E-state index in [1.54, 1.807) is 18.4 Å². The molecule has 0 amide bonds. The van der Waals surface area contributed by atoms with Gasteiger partial charge in [-0.25, -0.2) is 4.79 Å². The van der Waals surface area contributed by atoms with E-state index in [2.05, 4.69) is 11.9 Å². The van der Waals surface area contributed by atoms with Gasteiger partial charge in [-0.3, -0.25) is 4.79 Å². The van der Waals surface area contributed by atoms with Crippen molar-refractivity contribution in [2.24, 2.45) is 5.92 Å². The van der Waals surface area contributed by atoms with Gasteiger partial charge in [-0.05, 0) is 45.3 Å². The summed E-state index contributed by atoms with van der Waals surface area (Å²) in [6.45, 7) is 6.00. The molecule has 5 heteroatoms. The lowest BCUT2D eigenvalue weighted by Gasteiger charge is -2.17. The maximum atomic E-state index is 12.1. The third kappa shape index (κ3) is 2.71. The second-order valence-electron chi connectivity index (χ2n) is 5.46. The zero-order valence-electron chi connectivity index (χ0n) is 11.6. The molecule has 1 N–H and O–H groups in total. The zero-order chi connectivity index (χ0) is 14.2. The van der Waals surface area contributed by atoms with E-state index in [1.165, 1.54) is 6.07 Å². The zero-order valence-corrected chi connectivity index (χ0v) is 11.6. The van der Waals surface area contributed by atoms with Crippen LogP contribution < -0.4 is 5.56 Å². The van der Waals surface area contributed by atoms with Crippen LogP contribution in [0, 0.1) is 19.8 Å². The average molecular weight is 264 g/mol. The number of nitrogens with zero attached hydrogens (tertiary/aromatic N) is 2. The highest BCUT2D eigenvalue weighted by Gasteiger charge is 2.22. The quantitative estimate of drug-likeness (QED) is 0.888. The van der Waals surface area contributed by atoms with Crippen molar-refractivity contribution in [1.82, 2.24) is 9.47 Å². The normalized spacial score (nSPS) is 19.8. The Morgan fingerprint density at radius 1 is 1.47 bits per heavy atom. The highest BCUT2D eigenvalue weighted by Crippen LogP contribution is 2.18. The summed E-state index contributed by atoms with van der Waals surface area (Å²) in [5.74, 6) is -0.543. The molecule has 0 bridgehead atoms. The Hall–Kier alpha value is -1.62. The van der Waals surface area contributed by atoms with Gasteiger partial charge in [-0.2, -0.15) is 0 Å². The fourth-order valence-corrected chi connectivity index (χ4v) is 2.90. The molecule has 1 aromatic rings. The van der Waals surface area contributed by atoms with Gasteiger partial charge in [-0.1, -0.05) is 0 Å². The number of aromatic carboxylic acids is 1. The number of aryl methyl sites for hydroxylation is 1. The van der Waals surface area contributed by atoms with E-state index in [0.717, 1.165) is 19.5 Å². The topological polar surface area (TPSA) is 62.5 Å². The molecule has 1 aliphatic rings. The summed E-state index contributed by atoms with van der Waals surface area (Å²) in [6.07, 6.45) is 1.05. The number of carboxylic acid groups (broad SMARTS) is 1. The molecule has 0 radical (unpaired) electrons. The Morgan fingerprint density at radius 3 is 2.68 bits per heavy atom. The first kappa shape index (κ1) is 13.8. The van der Waals surface area contributed by atoms with Gasteiger partial charge in [0, 0.05) is 24.8 Å². The Bertz CT molecular complexity index is 563. The van der Waals surface area contributed by atoms with Crippen molar-refractivity contribution in [2.75, 3.05) is 20.1 Å². The number of likely N-dealkylation sites (tertiary alicyclic amines) is 1. The van der Waals surface area contributed by atoms with Crippen LogP contribution in [0.1, 0.15) is 28.0 Å². The standard InChI is InChI=1S/C14H20N2O3/c1-9-6-12(17)16(10(2)13(9)14(18)19)8-11-4-5-15(3)7-11/h6,11H,4-5,7-8H2,1-3H3,(H,18,19). The lowest BCUT2D eigenvalue weighted by atomic mass is 10.1. The SMILES string of the molecule is Cc1cc(=O)n(CC2CCN(C)C2)c(C)c1C(=O)O. The summed E-state index contributed by atoms with van der Waals surface area (Å²) < 4.78 is 1.61. The third-order valence-electron chi connectivity index (χ3n) is 3.91. The van der Waals surface area contributed by atoms with Crippen LogP contribution in [0.5, 0.6) is 0 Å². The maximum absolute atomic E-state index is 12.1. The summed E-state index contributed by atoms with van der Waals surface area (Å²) >= 11 is 0. The second-order valence-corrected chi connectivity index (χ2v) is 5.46. The Balaban J connectivity index is 2.37. The van der Waals surface area contributed by atoms with E-state index in [1.807, 2.05) is 0 Å². The van der Waals surface area contributed by atoms with Gasteiger partial charge >= 0.3 is 5.97 Å². The molecule has 1 fully saturated rings. The van der Waals surface area contributed by atoms with Gasteiger partial charge in [0.15, 0.2) is 0 Å². The molecule has 2 rings (SSSR count). The maximum Gasteiger partial charge on any atom is 0.337 e. The molecule has 2 heterocycles. The fourth-order valence-electron chi connectivity index (χ4n) is 2.90. The molecule has 0 aliphatic carbocycles. The second kappa shape index (κ2) is 5.17. The number of pyridine rings is 1. The minimum absolute atomic E-state index is 0.102. The molecule has 5 nitrogen and oxygen atoms in total. The first-order chi connectivity index (χ1) is 8.90. The van der Waals surface area contributed by atoms with Crippen LogP contribution >= 0.6 is 0 Å². The number of hydrogen-bond acceptors (Lipinski definition) is 3. The van der Waals surface area contributed by atoms with Gasteiger partial charge in [0.25, 0.3) is 5.56 Å². The van der Waals surface area contributed by atoms with Gasteiger partial charge in [0.05, 0.1) is 5.56 Å². The molecule has 104 valence electrons. The van der Waals surface area contributed by atoms with Crippen LogP contribution in [0.3, 0.4) is 0 Å². The molecule has 0 saturated carbocycles. The lowest BCUT2D eigenvalue weighted by molar-refractivity contribution is 0.0694. The van der Waals surface area contributed by atoms with Crippen LogP contribution in [-0.4, -0.2) is 40.7 Å². The summed E-state index contributed by atoms with van der Waals surface area (Å²) in [7, 11) is 2.06. The monoisotopic (exact) mass is 264 g/mol. The number of aromatic nitrogens is 1. The van der Waals surface area contributed by atoms with Gasteiger partial charge in [0.2, 0.25) is 0 Å². The smallest absolute Gasteiger partial charge is 0.337 e. The van der Waals surface area contributed by atoms with Crippen molar-refractivity contribution >= 4 is 5.97 Å². The van der Waals surface area contributed by atoms with E-state index in [4.69, 9.17) is 0 Å². The average Bonchev–Trinajstić information content (AvgIpc) is 2.69. The number of hydrogen-bond donors (Lipinski definition) is 1. The molecule has 1 saturated heterocycles. The number of carbonyl (C=O) groups is 1. The largest absolute Gasteiger partial charge is 0.478 e. The molecule has 19 heavy (non-hydrogen) atoms. The van der Waals surface area contributed by atoms with Crippen LogP contribution in [0.25, 0.3) is 0 Å². The Labute approximate surface area is 112 Å². The van der Waals surface area contributed by atoms with Crippen molar-refractivity contribution in [3.63, 3.8) is 0 Å². The van der Waals surface area contributed by atoms with E-state index in [9.17, 15) is 14.7 Å². The number of rotatable bonds is 3. The molecular formula is C14H20N2O3. The van der Waals surface area contributed by atoms with E-state index < -0.39 is 5.97 Å². The minimum Gasteiger partial charge on any atom is -0.478 e. The Kier molecular flexibility index (Phi) is 3.75. The summed E-state index contributed by atoms with van der Waals surface area (Å²) in [5, 5.41) is 9.24. The minimum atomic E-state index is -0.965. The van der Waals surface area contributed by atoms with E-state index in [-0.39, 0.29) is 11.1 Å². The molecule has 1 atom stereocenters. The van der Waals surface area contributed by atoms with Gasteiger partial charge in [0.1, 0.15) is 0 Å². The van der Waals surface area contributed by atoms with Crippen molar-refractivity contribution in [2.45, 2.75) is 26.8 Å². The van der Waals surface area contributed by atoms with Gasteiger partial charge < -0.3 is 14.6 Å². The predicted octanol–water partition coefficient (Wildman–Crippen LogP) is 1.12. The van der Waals surface area contributed by atoms with Crippen LogP contribution in [0.4, 0.5) is 0 Å². The summed E-state index contributed by atoms with van der Waals surface area (Å²) in [4.78, 5) is 25.6. The first-order valence-electron chi connectivity index (χ1n) is 6.53. The van der Waals surface area contributed by atoms with Crippen molar-refractivity contribution in [1.29, 1.82) is 0 Å². The van der Waals surface area contributed by atoms with E-state index >= 15 is 0 Å². The molecular weight excluding hydrogens is 244 g/mol. The van der Waals surface area contributed by atoms with Crippen molar-refractivity contribution < 1.29 is 9.90 Å². The number of carboxylic acids is 1. The van der Waals surface area contributed by atoms with Crippen molar-refractivity contribution in [3.8, 4) is 0 Å². The molecule has 0 aromatic carbocycles. The summed E-state index contributed by atoms with van der Waals surface area (Å²) in [5.41, 5.74) is 1.25.